The van der Waals surface area contributed by atoms with Gasteiger partial charge in [-0.1, -0.05) is 11.6 Å². The van der Waals surface area contributed by atoms with Crippen molar-refractivity contribution in [1.82, 2.24) is 4.90 Å². The Morgan fingerprint density at radius 2 is 1.84 bits per heavy atom. The maximum Gasteiger partial charge on any atom is 0.255 e. The molecule has 3 aliphatic carbocycles. The Morgan fingerprint density at radius 1 is 1.22 bits per heavy atom. The first kappa shape index (κ1) is 22.3. The van der Waals surface area contributed by atoms with Crippen LogP contribution in [0.3, 0.4) is 0 Å². The van der Waals surface area contributed by atoms with Crippen LogP contribution in [0.2, 0.25) is 5.02 Å². The summed E-state index contributed by atoms with van der Waals surface area (Å²) in [5.74, 6) is -8.19. The molecule has 1 fully saturated rings. The first-order chi connectivity index (χ1) is 14.8. The van der Waals surface area contributed by atoms with Crippen molar-refractivity contribution in [2.45, 2.75) is 24.2 Å². The molecule has 0 heterocycles. The SMILES string of the molecule is CN(C)[C@H]1C(=O)C(C(N)=O)=C(O)[C@@]2(O)C(=O)C3=C(O)c4c(O)ccc(Cl)c4[C@@H](O)[C@@H]3C[C@H]12. The minimum atomic E-state index is -2.77. The highest BCUT2D eigenvalue weighted by molar-refractivity contribution is 6.32. The van der Waals surface area contributed by atoms with Gasteiger partial charge in [-0.2, -0.15) is 0 Å². The summed E-state index contributed by atoms with van der Waals surface area (Å²) in [4.78, 5) is 39.8. The molecule has 0 unspecified atom stereocenters. The van der Waals surface area contributed by atoms with Crippen molar-refractivity contribution < 1.29 is 39.9 Å². The van der Waals surface area contributed by atoms with Crippen LogP contribution in [0.15, 0.2) is 29.0 Å². The molecule has 0 saturated heterocycles. The molecule has 0 radical (unpaired) electrons. The number of amides is 1. The van der Waals surface area contributed by atoms with Gasteiger partial charge in [0.05, 0.1) is 17.7 Å². The van der Waals surface area contributed by atoms with E-state index in [9.17, 15) is 39.9 Å². The Kier molecular flexibility index (Phi) is 4.90. The van der Waals surface area contributed by atoms with Gasteiger partial charge in [-0.3, -0.25) is 19.3 Å². The van der Waals surface area contributed by atoms with Crippen molar-refractivity contribution in [3.05, 3.63) is 45.2 Å². The van der Waals surface area contributed by atoms with Crippen LogP contribution < -0.4 is 5.73 Å². The fourth-order valence-electron chi connectivity index (χ4n) is 5.24. The maximum atomic E-state index is 13.6. The zero-order chi connectivity index (χ0) is 23.9. The van der Waals surface area contributed by atoms with Crippen molar-refractivity contribution in [3.63, 3.8) is 0 Å². The Morgan fingerprint density at radius 3 is 2.41 bits per heavy atom. The number of fused-ring (bicyclic) bond motifs is 3. The number of carbonyl (C=O) groups excluding carboxylic acids is 3. The third-order valence-corrected chi connectivity index (χ3v) is 6.97. The molecule has 1 aromatic carbocycles. The molecule has 170 valence electrons. The van der Waals surface area contributed by atoms with Crippen molar-refractivity contribution in [2.75, 3.05) is 14.1 Å². The van der Waals surface area contributed by atoms with E-state index in [0.717, 1.165) is 0 Å². The predicted octanol–water partition coefficient (Wildman–Crippen LogP) is 0.108. The van der Waals surface area contributed by atoms with Gasteiger partial charge < -0.3 is 31.3 Å². The summed E-state index contributed by atoms with van der Waals surface area (Å²) in [6, 6.07) is 1.25. The Bertz CT molecular complexity index is 1160. The number of nitrogens with zero attached hydrogens (tertiary/aromatic N) is 1. The summed E-state index contributed by atoms with van der Waals surface area (Å²) in [6.07, 6.45) is -1.70. The average Bonchev–Trinajstić information content (AvgIpc) is 2.69. The van der Waals surface area contributed by atoms with Crippen molar-refractivity contribution in [3.8, 4) is 5.75 Å². The highest BCUT2D eigenvalue weighted by atomic mass is 35.5. The number of phenols is 1. The number of Topliss-reactive ketones (excluding diaryl/α,β-unsaturated/α-hetero) is 2. The molecule has 11 heteroatoms. The number of likely N-dealkylation sites (N-methyl/N-ethyl adjacent to an activating group) is 1. The van der Waals surface area contributed by atoms with Gasteiger partial charge in [0.15, 0.2) is 11.4 Å². The number of hydrogen-bond acceptors (Lipinski definition) is 9. The lowest BCUT2D eigenvalue weighted by atomic mass is 9.57. The van der Waals surface area contributed by atoms with E-state index in [0.29, 0.717) is 0 Å². The van der Waals surface area contributed by atoms with Crippen LogP contribution in [-0.4, -0.2) is 73.6 Å². The second kappa shape index (κ2) is 7.04. The number of phenolic OH excluding ortho intramolecular Hbond substituents is 1. The molecule has 0 bridgehead atoms. The smallest absolute Gasteiger partial charge is 0.255 e. The number of aliphatic hydroxyl groups is 4. The van der Waals surface area contributed by atoms with Crippen LogP contribution in [0.4, 0.5) is 0 Å². The predicted molar refractivity (Wildman–Crippen MR) is 111 cm³/mol. The molecular weight excluding hydrogens is 444 g/mol. The molecule has 5 atom stereocenters. The molecular formula is C21H21ClN2O8. The van der Waals surface area contributed by atoms with E-state index in [-0.39, 0.29) is 22.6 Å². The summed E-state index contributed by atoms with van der Waals surface area (Å²) in [5, 5.41) is 54.4. The number of carbonyl (C=O) groups is 3. The molecule has 10 nitrogen and oxygen atoms in total. The average molecular weight is 465 g/mol. The molecule has 0 aliphatic heterocycles. The number of benzene rings is 1. The van der Waals surface area contributed by atoms with Gasteiger partial charge in [0.25, 0.3) is 5.91 Å². The third kappa shape index (κ3) is 2.61. The van der Waals surface area contributed by atoms with E-state index in [4.69, 9.17) is 17.3 Å². The molecule has 1 saturated carbocycles. The highest BCUT2D eigenvalue weighted by Crippen LogP contribution is 2.56. The second-order valence-corrected chi connectivity index (χ2v) is 8.87. The van der Waals surface area contributed by atoms with E-state index in [1.54, 1.807) is 0 Å². The van der Waals surface area contributed by atoms with Gasteiger partial charge in [0, 0.05) is 28.0 Å². The van der Waals surface area contributed by atoms with Crippen molar-refractivity contribution in [1.29, 1.82) is 0 Å². The van der Waals surface area contributed by atoms with Crippen LogP contribution in [0.5, 0.6) is 5.75 Å². The number of hydrogen-bond donors (Lipinski definition) is 6. The van der Waals surface area contributed by atoms with Crippen LogP contribution in [0.1, 0.15) is 23.7 Å². The Balaban J connectivity index is 2.03. The molecule has 3 aliphatic rings. The van der Waals surface area contributed by atoms with Gasteiger partial charge in [0.1, 0.15) is 22.8 Å². The number of primary amides is 1. The molecule has 32 heavy (non-hydrogen) atoms. The summed E-state index contributed by atoms with van der Waals surface area (Å²) in [5.41, 5.74) is 0.845. The van der Waals surface area contributed by atoms with Crippen molar-refractivity contribution >= 4 is 34.8 Å². The fourth-order valence-corrected chi connectivity index (χ4v) is 5.51. The van der Waals surface area contributed by atoms with Gasteiger partial charge in [0.2, 0.25) is 5.78 Å². The standard InChI is InChI=1S/C21H21ClN2O8/c1-24(2)14-7-5-6-10(16(27)12-9(25)4-3-8(22)11(12)15(6)26)18(29)21(7,32)19(30)13(17(14)28)20(23)31/h3-4,6-7,14-15,25-27,30,32H,5H2,1-2H3,(H2,23,31)/t6-,7-,14-,15+,21+/m1/s1. The fraction of sp³-hybridized carbons (Fsp3) is 0.381. The maximum absolute atomic E-state index is 13.6. The molecule has 0 aromatic heterocycles. The highest BCUT2D eigenvalue weighted by Gasteiger charge is 2.65. The quantitative estimate of drug-likeness (QED) is 0.331. The summed E-state index contributed by atoms with van der Waals surface area (Å²) in [7, 11) is 2.97. The normalized spacial score (nSPS) is 32.1. The van der Waals surface area contributed by atoms with E-state index in [2.05, 4.69) is 0 Å². The lowest BCUT2D eigenvalue weighted by molar-refractivity contribution is -0.155. The molecule has 4 rings (SSSR count). The zero-order valence-corrected chi connectivity index (χ0v) is 17.8. The number of nitrogens with two attached hydrogens (primary N) is 1. The largest absolute Gasteiger partial charge is 0.508 e. The Labute approximate surface area is 186 Å². The lowest BCUT2D eigenvalue weighted by Crippen LogP contribution is -2.66. The van der Waals surface area contributed by atoms with Crippen LogP contribution in [-0.2, 0) is 14.4 Å². The van der Waals surface area contributed by atoms with Gasteiger partial charge in [-0.05, 0) is 32.6 Å². The third-order valence-electron chi connectivity index (χ3n) is 6.64. The number of ketones is 2. The zero-order valence-electron chi connectivity index (χ0n) is 17.0. The van der Waals surface area contributed by atoms with Crippen LogP contribution in [0.25, 0.3) is 5.76 Å². The number of halogens is 1. The first-order valence-electron chi connectivity index (χ1n) is 9.69. The minimum Gasteiger partial charge on any atom is -0.508 e. The Hall–Kier alpha value is -2.92. The number of aliphatic hydroxyl groups excluding tert-OH is 3. The number of rotatable bonds is 2. The van der Waals surface area contributed by atoms with Crippen molar-refractivity contribution in [2.24, 2.45) is 17.6 Å². The summed E-state index contributed by atoms with van der Waals surface area (Å²) in [6.45, 7) is 0. The first-order valence-corrected chi connectivity index (χ1v) is 10.1. The van der Waals surface area contributed by atoms with Gasteiger partial charge in [-0.25, -0.2) is 0 Å². The summed E-state index contributed by atoms with van der Waals surface area (Å²) >= 11 is 6.19. The lowest BCUT2D eigenvalue weighted by Gasteiger charge is -2.51. The molecule has 1 amide bonds. The van der Waals surface area contributed by atoms with Crippen LogP contribution in [0, 0.1) is 11.8 Å². The molecule has 1 aromatic rings. The van der Waals surface area contributed by atoms with E-state index >= 15 is 0 Å². The monoisotopic (exact) mass is 464 g/mol. The summed E-state index contributed by atoms with van der Waals surface area (Å²) < 4.78 is 0. The van der Waals surface area contributed by atoms with Gasteiger partial charge >= 0.3 is 0 Å². The van der Waals surface area contributed by atoms with E-state index in [1.807, 2.05) is 0 Å². The minimum absolute atomic E-state index is 0.00251. The second-order valence-electron chi connectivity index (χ2n) is 8.47. The topological polar surface area (TPSA) is 182 Å². The molecule has 7 N–H and O–H groups in total. The molecule has 0 spiro atoms. The van der Waals surface area contributed by atoms with E-state index in [1.165, 1.54) is 31.1 Å². The van der Waals surface area contributed by atoms with Gasteiger partial charge in [-0.15, -0.1) is 0 Å². The number of aromatic hydroxyl groups is 1. The van der Waals surface area contributed by atoms with E-state index < -0.39 is 75.5 Å². The van der Waals surface area contributed by atoms with Crippen LogP contribution >= 0.6 is 11.6 Å².